The van der Waals surface area contributed by atoms with Gasteiger partial charge in [-0.3, -0.25) is 14.3 Å². The summed E-state index contributed by atoms with van der Waals surface area (Å²) in [5, 5.41) is 2.60. The van der Waals surface area contributed by atoms with Gasteiger partial charge < -0.3 is 19.5 Å². The van der Waals surface area contributed by atoms with Gasteiger partial charge in [0.1, 0.15) is 40.5 Å². The topological polar surface area (TPSA) is 110 Å². The third-order valence-corrected chi connectivity index (χ3v) is 7.50. The number of hydrogen-bond donors (Lipinski definition) is 1. The highest BCUT2D eigenvalue weighted by Gasteiger charge is 2.36. The summed E-state index contributed by atoms with van der Waals surface area (Å²) >= 11 is 0. The fraction of sp³-hybridized carbons (Fsp3) is 0.226. The summed E-state index contributed by atoms with van der Waals surface area (Å²) in [7, 11) is 2.81. The molecule has 1 aliphatic heterocycles. The summed E-state index contributed by atoms with van der Waals surface area (Å²) in [6, 6.07) is 8.40. The van der Waals surface area contributed by atoms with Crippen molar-refractivity contribution in [3.05, 3.63) is 93.7 Å². The minimum Gasteiger partial charge on any atom is -0.493 e. The molecule has 15 heteroatoms. The molecule has 3 heterocycles. The zero-order valence-electron chi connectivity index (χ0n) is 24.2. The molecule has 0 aliphatic carbocycles. The van der Waals surface area contributed by atoms with Crippen molar-refractivity contribution in [3.63, 3.8) is 0 Å². The number of amides is 1. The number of fused-ring (bicyclic) bond motifs is 2. The fourth-order valence-electron chi connectivity index (χ4n) is 5.40. The lowest BCUT2D eigenvalue weighted by Crippen LogP contribution is -2.26. The number of aromatic nitrogens is 4. The maximum atomic E-state index is 14.7. The number of carbonyl (C=O) groups is 1. The van der Waals surface area contributed by atoms with Gasteiger partial charge in [-0.25, -0.2) is 23.4 Å². The molecule has 0 saturated heterocycles. The van der Waals surface area contributed by atoms with Crippen LogP contribution < -0.4 is 25.1 Å². The maximum absolute atomic E-state index is 14.7. The lowest BCUT2D eigenvalue weighted by atomic mass is 10.1. The predicted molar refractivity (Wildman–Crippen MR) is 155 cm³/mol. The number of benzene rings is 3. The zero-order valence-corrected chi connectivity index (χ0v) is 24.2. The molecule has 1 N–H and O–H groups in total. The SMILES string of the molecule is COc1cc2ncnc(Oc3ccc(NC(=O)c4c5n(n(-c6cc(F)ccc6F)c4=O)CCCC5)cc3C(F)(F)F)c2cc1OC. The molecular formula is C31H24F5N5O5. The Hall–Kier alpha value is -5.47. The van der Waals surface area contributed by atoms with E-state index in [2.05, 4.69) is 15.3 Å². The molecule has 2 aromatic heterocycles. The Morgan fingerprint density at radius 1 is 0.935 bits per heavy atom. The van der Waals surface area contributed by atoms with Gasteiger partial charge in [0.25, 0.3) is 11.5 Å². The van der Waals surface area contributed by atoms with Crippen LogP contribution in [0.3, 0.4) is 0 Å². The highest BCUT2D eigenvalue weighted by molar-refractivity contribution is 6.05. The van der Waals surface area contributed by atoms with Crippen LogP contribution in [-0.4, -0.2) is 39.5 Å². The summed E-state index contributed by atoms with van der Waals surface area (Å²) in [6.45, 7) is 0.244. The normalized spacial score (nSPS) is 12.9. The van der Waals surface area contributed by atoms with E-state index in [1.54, 1.807) is 0 Å². The summed E-state index contributed by atoms with van der Waals surface area (Å²) in [6.07, 6.45) is -2.33. The fourth-order valence-corrected chi connectivity index (χ4v) is 5.40. The summed E-state index contributed by atoms with van der Waals surface area (Å²) < 4.78 is 90.0. The van der Waals surface area contributed by atoms with Crippen molar-refractivity contribution in [1.29, 1.82) is 0 Å². The second kappa shape index (κ2) is 11.8. The van der Waals surface area contributed by atoms with Crippen LogP contribution in [-0.2, 0) is 19.1 Å². The molecule has 0 bridgehead atoms. The second-order valence-electron chi connectivity index (χ2n) is 10.3. The molecule has 1 amide bonds. The molecule has 0 fully saturated rings. The van der Waals surface area contributed by atoms with E-state index in [0.717, 1.165) is 35.3 Å². The second-order valence-corrected chi connectivity index (χ2v) is 10.3. The van der Waals surface area contributed by atoms with Gasteiger partial charge in [0, 0.05) is 24.4 Å². The van der Waals surface area contributed by atoms with Crippen molar-refractivity contribution in [2.75, 3.05) is 19.5 Å². The third kappa shape index (κ3) is 5.48. The number of alkyl halides is 3. The first-order chi connectivity index (χ1) is 22.0. The summed E-state index contributed by atoms with van der Waals surface area (Å²) in [5.74, 6) is -2.89. The Morgan fingerprint density at radius 3 is 2.43 bits per heavy atom. The number of ether oxygens (including phenoxy) is 3. The highest BCUT2D eigenvalue weighted by Crippen LogP contribution is 2.42. The number of halogens is 5. The van der Waals surface area contributed by atoms with Crippen LogP contribution in [0.5, 0.6) is 23.1 Å². The number of methoxy groups -OCH3 is 2. The van der Waals surface area contributed by atoms with Crippen LogP contribution in [0.1, 0.15) is 34.5 Å². The number of nitrogens with one attached hydrogen (secondary N) is 1. The molecule has 0 spiro atoms. The van der Waals surface area contributed by atoms with E-state index in [1.807, 2.05) is 0 Å². The first kappa shape index (κ1) is 30.6. The molecule has 3 aromatic carbocycles. The molecule has 0 radical (unpaired) electrons. The van der Waals surface area contributed by atoms with Crippen molar-refractivity contribution < 1.29 is 41.0 Å². The van der Waals surface area contributed by atoms with Crippen LogP contribution >= 0.6 is 0 Å². The molecule has 6 rings (SSSR count). The number of nitrogens with zero attached hydrogens (tertiary/aromatic N) is 4. The number of anilines is 1. The van der Waals surface area contributed by atoms with Crippen LogP contribution in [0, 0.1) is 11.6 Å². The Balaban J connectivity index is 1.37. The quantitative estimate of drug-likeness (QED) is 0.209. The van der Waals surface area contributed by atoms with Gasteiger partial charge in [-0.15, -0.1) is 0 Å². The Kier molecular flexibility index (Phi) is 7.84. The monoisotopic (exact) mass is 641 g/mol. The molecule has 5 aromatic rings. The molecule has 238 valence electrons. The van der Waals surface area contributed by atoms with Gasteiger partial charge in [0.05, 0.1) is 30.8 Å². The Morgan fingerprint density at radius 2 is 1.70 bits per heavy atom. The van der Waals surface area contributed by atoms with Gasteiger partial charge in [-0.05, 0) is 55.7 Å². The lowest BCUT2D eigenvalue weighted by Gasteiger charge is -2.19. The average Bonchev–Trinajstić information content (AvgIpc) is 3.33. The number of hydrogen-bond acceptors (Lipinski definition) is 7. The maximum Gasteiger partial charge on any atom is 0.420 e. The molecule has 46 heavy (non-hydrogen) atoms. The van der Waals surface area contributed by atoms with Crippen molar-refractivity contribution in [2.45, 2.75) is 32.0 Å². The van der Waals surface area contributed by atoms with E-state index < -0.39 is 40.6 Å². The van der Waals surface area contributed by atoms with Crippen molar-refractivity contribution in [1.82, 2.24) is 19.3 Å². The van der Waals surface area contributed by atoms with Crippen molar-refractivity contribution >= 4 is 22.5 Å². The van der Waals surface area contributed by atoms with Gasteiger partial charge in [-0.2, -0.15) is 13.2 Å². The van der Waals surface area contributed by atoms with E-state index in [-0.39, 0.29) is 52.6 Å². The largest absolute Gasteiger partial charge is 0.493 e. The standard InChI is InChI=1S/C31H24F5N5O5/c1-44-25-13-18-21(14-26(25)45-2)37-15-38-29(18)46-24-9-7-17(12-19(24)31(34,35)36)39-28(42)27-22-5-3-4-10-40(22)41(30(27)43)23-11-16(32)6-8-20(23)33/h6-9,11-15H,3-5,10H2,1-2H3,(H,39,42). The number of carbonyl (C=O) groups excluding carboxylic acids is 1. The van der Waals surface area contributed by atoms with Crippen molar-refractivity contribution in [2.24, 2.45) is 0 Å². The lowest BCUT2D eigenvalue weighted by molar-refractivity contribution is -0.138. The van der Waals surface area contributed by atoms with Gasteiger partial charge >= 0.3 is 6.18 Å². The molecule has 0 saturated carbocycles. The van der Waals surface area contributed by atoms with E-state index in [9.17, 15) is 31.5 Å². The van der Waals surface area contributed by atoms with Gasteiger partial charge in [-0.1, -0.05) is 0 Å². The molecule has 0 atom stereocenters. The van der Waals surface area contributed by atoms with Crippen molar-refractivity contribution in [3.8, 4) is 28.8 Å². The Labute approximate surface area is 256 Å². The van der Waals surface area contributed by atoms with Gasteiger partial charge in [0.15, 0.2) is 11.5 Å². The first-order valence-electron chi connectivity index (χ1n) is 13.9. The molecule has 1 aliphatic rings. The Bertz CT molecular complexity index is 2060. The highest BCUT2D eigenvalue weighted by atomic mass is 19.4. The van der Waals surface area contributed by atoms with E-state index in [0.29, 0.717) is 30.2 Å². The molecule has 10 nitrogen and oxygen atoms in total. The first-order valence-corrected chi connectivity index (χ1v) is 13.9. The van der Waals surface area contributed by atoms with E-state index in [1.165, 1.54) is 37.1 Å². The zero-order chi connectivity index (χ0) is 32.7. The predicted octanol–water partition coefficient (Wildman–Crippen LogP) is 6.28. The smallest absolute Gasteiger partial charge is 0.420 e. The van der Waals surface area contributed by atoms with Gasteiger partial charge in [0.2, 0.25) is 5.88 Å². The number of rotatable bonds is 7. The summed E-state index contributed by atoms with van der Waals surface area (Å²) in [4.78, 5) is 35.1. The third-order valence-electron chi connectivity index (χ3n) is 7.50. The molecular weight excluding hydrogens is 617 g/mol. The van der Waals surface area contributed by atoms with Crippen LogP contribution in [0.25, 0.3) is 16.6 Å². The van der Waals surface area contributed by atoms with Crippen LogP contribution in [0.15, 0.2) is 59.7 Å². The minimum absolute atomic E-state index is 0.196. The minimum atomic E-state index is -4.93. The summed E-state index contributed by atoms with van der Waals surface area (Å²) in [5.41, 5.74) is -2.65. The van der Waals surface area contributed by atoms with E-state index >= 15 is 0 Å². The van der Waals surface area contributed by atoms with E-state index in [4.69, 9.17) is 14.2 Å². The van der Waals surface area contributed by atoms with Crippen LogP contribution in [0.4, 0.5) is 27.6 Å². The van der Waals surface area contributed by atoms with Crippen LogP contribution in [0.2, 0.25) is 0 Å². The molecule has 0 unspecified atom stereocenters. The average molecular weight is 642 g/mol.